The maximum absolute atomic E-state index is 5.86. The molecule has 1 atom stereocenters. The van der Waals surface area contributed by atoms with Crippen LogP contribution in [0.15, 0.2) is 53.5 Å². The normalized spacial score (nSPS) is 12.2. The number of hydrogen-bond donors (Lipinski definition) is 2. The van der Waals surface area contributed by atoms with Gasteiger partial charge in [-0.2, -0.15) is 0 Å². The van der Waals surface area contributed by atoms with Crippen LogP contribution in [0.25, 0.3) is 0 Å². The fourth-order valence-corrected chi connectivity index (χ4v) is 2.35. The van der Waals surface area contributed by atoms with Gasteiger partial charge in [-0.1, -0.05) is 18.2 Å². The molecular weight excluding hydrogens is 330 g/mol. The molecule has 26 heavy (non-hydrogen) atoms. The molecule has 2 aromatic carbocycles. The first-order valence-electron chi connectivity index (χ1n) is 8.66. The highest BCUT2D eigenvalue weighted by molar-refractivity contribution is 5.93. The molecule has 2 rings (SSSR count). The van der Waals surface area contributed by atoms with E-state index in [4.69, 9.17) is 14.2 Å². The summed E-state index contributed by atoms with van der Waals surface area (Å²) in [5, 5.41) is 6.50. The van der Waals surface area contributed by atoms with Gasteiger partial charge in [0.05, 0.1) is 20.3 Å². The van der Waals surface area contributed by atoms with Crippen LogP contribution in [0.4, 0.5) is 5.69 Å². The highest BCUT2D eigenvalue weighted by Gasteiger charge is 2.09. The van der Waals surface area contributed by atoms with Gasteiger partial charge in [0.1, 0.15) is 11.9 Å². The standard InChI is InChI=1S/C20H27N3O3/c1-5-25-18-12-11-16(13-19(18)24-4)23-20(21-3)22-14-15(2)26-17-9-7-6-8-10-17/h6-13,15H,5,14H2,1-4H3,(H2,21,22,23). The second-order valence-corrected chi connectivity index (χ2v) is 5.62. The minimum absolute atomic E-state index is 0.00850. The highest BCUT2D eigenvalue weighted by atomic mass is 16.5. The van der Waals surface area contributed by atoms with E-state index in [-0.39, 0.29) is 6.10 Å². The molecule has 0 fully saturated rings. The van der Waals surface area contributed by atoms with Crippen LogP contribution in [-0.2, 0) is 0 Å². The van der Waals surface area contributed by atoms with Crippen LogP contribution in [0.2, 0.25) is 0 Å². The van der Waals surface area contributed by atoms with Gasteiger partial charge in [0.25, 0.3) is 0 Å². The van der Waals surface area contributed by atoms with E-state index in [1.165, 1.54) is 0 Å². The van der Waals surface area contributed by atoms with E-state index >= 15 is 0 Å². The van der Waals surface area contributed by atoms with E-state index < -0.39 is 0 Å². The number of methoxy groups -OCH3 is 1. The molecule has 2 N–H and O–H groups in total. The maximum atomic E-state index is 5.86. The molecule has 0 saturated carbocycles. The van der Waals surface area contributed by atoms with E-state index in [2.05, 4.69) is 15.6 Å². The van der Waals surface area contributed by atoms with Crippen molar-refractivity contribution in [2.45, 2.75) is 20.0 Å². The molecule has 0 aliphatic carbocycles. The first kappa shape index (κ1) is 19.4. The number of ether oxygens (including phenoxy) is 3. The molecule has 0 spiro atoms. The van der Waals surface area contributed by atoms with Crippen LogP contribution in [0.3, 0.4) is 0 Å². The Balaban J connectivity index is 1.91. The third kappa shape index (κ3) is 5.88. The summed E-state index contributed by atoms with van der Waals surface area (Å²) >= 11 is 0. The molecule has 0 saturated heterocycles. The molecular formula is C20H27N3O3. The summed E-state index contributed by atoms with van der Waals surface area (Å²) in [6.45, 7) is 5.15. The Labute approximate surface area is 155 Å². The van der Waals surface area contributed by atoms with Crippen LogP contribution in [0, 0.1) is 0 Å². The molecule has 0 aromatic heterocycles. The number of anilines is 1. The largest absolute Gasteiger partial charge is 0.493 e. The van der Waals surface area contributed by atoms with E-state index in [1.54, 1.807) is 14.2 Å². The summed E-state index contributed by atoms with van der Waals surface area (Å²) in [6.07, 6.45) is -0.00850. The van der Waals surface area contributed by atoms with Crippen molar-refractivity contribution in [2.24, 2.45) is 4.99 Å². The van der Waals surface area contributed by atoms with Gasteiger partial charge < -0.3 is 24.8 Å². The third-order valence-electron chi connectivity index (χ3n) is 3.59. The maximum Gasteiger partial charge on any atom is 0.195 e. The summed E-state index contributed by atoms with van der Waals surface area (Å²) < 4.78 is 16.8. The van der Waals surface area contributed by atoms with Gasteiger partial charge in [-0.05, 0) is 38.1 Å². The van der Waals surface area contributed by atoms with Crippen molar-refractivity contribution in [1.82, 2.24) is 5.32 Å². The minimum Gasteiger partial charge on any atom is -0.493 e. The lowest BCUT2D eigenvalue weighted by molar-refractivity contribution is 0.224. The van der Waals surface area contributed by atoms with E-state index in [0.717, 1.165) is 11.4 Å². The Kier molecular flexibility index (Phi) is 7.61. The zero-order valence-corrected chi connectivity index (χ0v) is 15.8. The molecule has 0 heterocycles. The van der Waals surface area contributed by atoms with Crippen LogP contribution < -0.4 is 24.8 Å². The summed E-state index contributed by atoms with van der Waals surface area (Å²) in [5.41, 5.74) is 0.857. The average Bonchev–Trinajstić information content (AvgIpc) is 2.67. The number of aliphatic imine (C=N–C) groups is 1. The van der Waals surface area contributed by atoms with Crippen LogP contribution in [0.5, 0.6) is 17.2 Å². The molecule has 0 amide bonds. The average molecular weight is 357 g/mol. The minimum atomic E-state index is -0.00850. The molecule has 0 radical (unpaired) electrons. The van der Waals surface area contributed by atoms with Gasteiger partial charge in [-0.3, -0.25) is 4.99 Å². The number of nitrogens with one attached hydrogen (secondary N) is 2. The molecule has 0 bridgehead atoms. The number of hydrogen-bond acceptors (Lipinski definition) is 4. The Morgan fingerprint density at radius 3 is 2.54 bits per heavy atom. The SMILES string of the molecule is CCOc1ccc(NC(=NC)NCC(C)Oc2ccccc2)cc1OC. The number of benzene rings is 2. The predicted octanol–water partition coefficient (Wildman–Crippen LogP) is 3.55. The highest BCUT2D eigenvalue weighted by Crippen LogP contribution is 2.30. The summed E-state index contributed by atoms with van der Waals surface area (Å²) in [5.74, 6) is 2.89. The number of para-hydroxylation sites is 1. The van der Waals surface area contributed by atoms with Gasteiger partial charge in [-0.15, -0.1) is 0 Å². The van der Waals surface area contributed by atoms with Gasteiger partial charge in [0, 0.05) is 18.8 Å². The summed E-state index contributed by atoms with van der Waals surface area (Å²) in [7, 11) is 3.35. The first-order valence-corrected chi connectivity index (χ1v) is 8.66. The van der Waals surface area contributed by atoms with Crippen molar-refractivity contribution in [2.75, 3.05) is 32.6 Å². The summed E-state index contributed by atoms with van der Waals surface area (Å²) in [6, 6.07) is 15.4. The van der Waals surface area contributed by atoms with Crippen molar-refractivity contribution in [3.8, 4) is 17.2 Å². The van der Waals surface area contributed by atoms with Crippen LogP contribution in [0.1, 0.15) is 13.8 Å². The van der Waals surface area contributed by atoms with Crippen molar-refractivity contribution in [3.05, 3.63) is 48.5 Å². The second-order valence-electron chi connectivity index (χ2n) is 5.62. The Morgan fingerprint density at radius 1 is 1.12 bits per heavy atom. The fourth-order valence-electron chi connectivity index (χ4n) is 2.35. The Bertz CT molecular complexity index is 705. The number of rotatable bonds is 8. The lowest BCUT2D eigenvalue weighted by Crippen LogP contribution is -2.37. The molecule has 6 heteroatoms. The monoisotopic (exact) mass is 357 g/mol. The molecule has 6 nitrogen and oxygen atoms in total. The lowest BCUT2D eigenvalue weighted by Gasteiger charge is -2.18. The van der Waals surface area contributed by atoms with Crippen LogP contribution in [-0.4, -0.2) is 39.4 Å². The Morgan fingerprint density at radius 2 is 1.88 bits per heavy atom. The van der Waals surface area contributed by atoms with Gasteiger partial charge in [0.2, 0.25) is 0 Å². The van der Waals surface area contributed by atoms with E-state index in [0.29, 0.717) is 30.6 Å². The van der Waals surface area contributed by atoms with Gasteiger partial charge in [0.15, 0.2) is 17.5 Å². The fraction of sp³-hybridized carbons (Fsp3) is 0.350. The smallest absolute Gasteiger partial charge is 0.195 e. The number of nitrogens with zero attached hydrogens (tertiary/aromatic N) is 1. The van der Waals surface area contributed by atoms with Gasteiger partial charge in [-0.25, -0.2) is 0 Å². The first-order chi connectivity index (χ1) is 12.7. The van der Waals surface area contributed by atoms with E-state index in [9.17, 15) is 0 Å². The lowest BCUT2D eigenvalue weighted by atomic mass is 10.2. The second kappa shape index (κ2) is 10.2. The summed E-state index contributed by atoms with van der Waals surface area (Å²) in [4.78, 5) is 4.24. The zero-order valence-electron chi connectivity index (χ0n) is 15.8. The van der Waals surface area contributed by atoms with Crippen LogP contribution >= 0.6 is 0 Å². The van der Waals surface area contributed by atoms with Gasteiger partial charge >= 0.3 is 0 Å². The van der Waals surface area contributed by atoms with Crippen molar-refractivity contribution < 1.29 is 14.2 Å². The quantitative estimate of drug-likeness (QED) is 0.559. The molecule has 2 aromatic rings. The topological polar surface area (TPSA) is 64.1 Å². The third-order valence-corrected chi connectivity index (χ3v) is 3.59. The zero-order chi connectivity index (χ0) is 18.8. The van der Waals surface area contributed by atoms with E-state index in [1.807, 2.05) is 62.4 Å². The molecule has 0 aliphatic heterocycles. The molecule has 140 valence electrons. The molecule has 0 aliphatic rings. The number of guanidine groups is 1. The molecule has 1 unspecified atom stereocenters. The van der Waals surface area contributed by atoms with Crippen molar-refractivity contribution in [3.63, 3.8) is 0 Å². The van der Waals surface area contributed by atoms with Crippen molar-refractivity contribution >= 4 is 11.6 Å². The Hall–Kier alpha value is -2.89. The predicted molar refractivity (Wildman–Crippen MR) is 106 cm³/mol. The van der Waals surface area contributed by atoms with Crippen molar-refractivity contribution in [1.29, 1.82) is 0 Å².